The van der Waals surface area contributed by atoms with E-state index in [2.05, 4.69) is 5.32 Å². The average molecular weight is 323 g/mol. The Bertz CT molecular complexity index is 508. The van der Waals surface area contributed by atoms with Gasteiger partial charge in [0.1, 0.15) is 0 Å². The second-order valence-corrected chi connectivity index (χ2v) is 6.14. The van der Waals surface area contributed by atoms with E-state index < -0.39 is 0 Å². The van der Waals surface area contributed by atoms with Crippen LogP contribution >= 0.6 is 11.6 Å². The van der Waals surface area contributed by atoms with Crippen LogP contribution in [0.3, 0.4) is 0 Å². The molecule has 1 heterocycles. The summed E-state index contributed by atoms with van der Waals surface area (Å²) in [6.07, 6.45) is 3.45. The van der Waals surface area contributed by atoms with Gasteiger partial charge in [0.2, 0.25) is 11.8 Å². The van der Waals surface area contributed by atoms with Gasteiger partial charge in [-0.25, -0.2) is 0 Å². The highest BCUT2D eigenvalue weighted by Gasteiger charge is 2.22. The first kappa shape index (κ1) is 16.8. The van der Waals surface area contributed by atoms with Gasteiger partial charge < -0.3 is 10.2 Å². The van der Waals surface area contributed by atoms with E-state index in [0.717, 1.165) is 37.9 Å². The van der Waals surface area contributed by atoms with Crippen molar-refractivity contribution in [3.8, 4) is 0 Å². The third kappa shape index (κ3) is 5.02. The SMILES string of the molecule is CCC(=O)N1CCC(NC(=O)CCc2ccc(Cl)cc2)CC1. The second-order valence-electron chi connectivity index (χ2n) is 5.70. The summed E-state index contributed by atoms with van der Waals surface area (Å²) in [5.74, 6) is 0.280. The lowest BCUT2D eigenvalue weighted by molar-refractivity contribution is -0.132. The van der Waals surface area contributed by atoms with Crippen molar-refractivity contribution in [2.24, 2.45) is 0 Å². The zero-order valence-corrected chi connectivity index (χ0v) is 13.7. The molecule has 0 bridgehead atoms. The van der Waals surface area contributed by atoms with E-state index in [1.165, 1.54) is 0 Å². The molecule has 0 saturated carbocycles. The summed E-state index contributed by atoms with van der Waals surface area (Å²) in [6, 6.07) is 7.78. The first-order valence-corrected chi connectivity index (χ1v) is 8.28. The number of carbonyl (C=O) groups excluding carboxylic acids is 2. The summed E-state index contributed by atoms with van der Waals surface area (Å²) >= 11 is 5.84. The molecule has 2 rings (SSSR count). The third-order valence-corrected chi connectivity index (χ3v) is 4.32. The molecule has 1 aliphatic rings. The van der Waals surface area contributed by atoms with Gasteiger partial charge in [-0.2, -0.15) is 0 Å². The number of nitrogens with one attached hydrogen (secondary N) is 1. The molecule has 1 saturated heterocycles. The Balaban J connectivity index is 1.69. The molecule has 5 heteroatoms. The fraction of sp³-hybridized carbons (Fsp3) is 0.529. The number of carbonyl (C=O) groups is 2. The van der Waals surface area contributed by atoms with Gasteiger partial charge in [0.25, 0.3) is 0 Å². The predicted molar refractivity (Wildman–Crippen MR) is 87.8 cm³/mol. The summed E-state index contributed by atoms with van der Waals surface area (Å²) in [7, 11) is 0. The summed E-state index contributed by atoms with van der Waals surface area (Å²) in [4.78, 5) is 25.5. The Morgan fingerprint density at radius 3 is 2.45 bits per heavy atom. The Hall–Kier alpha value is -1.55. The maximum Gasteiger partial charge on any atom is 0.222 e. The number of likely N-dealkylation sites (tertiary alicyclic amines) is 1. The number of aryl methyl sites for hydroxylation is 1. The lowest BCUT2D eigenvalue weighted by Gasteiger charge is -2.32. The largest absolute Gasteiger partial charge is 0.353 e. The second kappa shape index (κ2) is 8.18. The van der Waals surface area contributed by atoms with Crippen LogP contribution in [0.5, 0.6) is 0 Å². The topological polar surface area (TPSA) is 49.4 Å². The van der Waals surface area contributed by atoms with Gasteiger partial charge in [0, 0.05) is 37.0 Å². The van der Waals surface area contributed by atoms with Gasteiger partial charge in [-0.1, -0.05) is 30.7 Å². The number of hydrogen-bond donors (Lipinski definition) is 1. The standard InChI is InChI=1S/C17H23ClN2O2/c1-2-17(22)20-11-9-15(10-12-20)19-16(21)8-5-13-3-6-14(18)7-4-13/h3-4,6-7,15H,2,5,8-12H2,1H3,(H,19,21). The molecule has 1 aromatic carbocycles. The fourth-order valence-electron chi connectivity index (χ4n) is 2.71. The van der Waals surface area contributed by atoms with Gasteiger partial charge in [-0.05, 0) is 37.0 Å². The predicted octanol–water partition coefficient (Wildman–Crippen LogP) is 2.79. The Kier molecular flexibility index (Phi) is 6.25. The van der Waals surface area contributed by atoms with E-state index >= 15 is 0 Å². The first-order chi connectivity index (χ1) is 10.6. The first-order valence-electron chi connectivity index (χ1n) is 7.90. The smallest absolute Gasteiger partial charge is 0.222 e. The van der Waals surface area contributed by atoms with Crippen LogP contribution in [-0.4, -0.2) is 35.8 Å². The molecule has 1 aliphatic heterocycles. The van der Waals surface area contributed by atoms with Crippen LogP contribution < -0.4 is 5.32 Å². The normalized spacial score (nSPS) is 15.6. The number of hydrogen-bond acceptors (Lipinski definition) is 2. The van der Waals surface area contributed by atoms with Crippen molar-refractivity contribution in [3.05, 3.63) is 34.9 Å². The van der Waals surface area contributed by atoms with Crippen molar-refractivity contribution >= 4 is 23.4 Å². The van der Waals surface area contributed by atoms with Crippen LogP contribution in [0, 0.1) is 0 Å². The number of amides is 2. The molecule has 1 N–H and O–H groups in total. The quantitative estimate of drug-likeness (QED) is 0.906. The Morgan fingerprint density at radius 1 is 1.23 bits per heavy atom. The fourth-order valence-corrected chi connectivity index (χ4v) is 2.83. The van der Waals surface area contributed by atoms with Gasteiger partial charge in [0.15, 0.2) is 0 Å². The lowest BCUT2D eigenvalue weighted by atomic mass is 10.0. The number of rotatable bonds is 5. The van der Waals surface area contributed by atoms with Crippen molar-refractivity contribution < 1.29 is 9.59 Å². The van der Waals surface area contributed by atoms with Crippen LogP contribution in [0.25, 0.3) is 0 Å². The number of nitrogens with zero attached hydrogens (tertiary/aromatic N) is 1. The van der Waals surface area contributed by atoms with E-state index in [-0.39, 0.29) is 17.9 Å². The molecular formula is C17H23ClN2O2. The summed E-state index contributed by atoms with van der Waals surface area (Å²) < 4.78 is 0. The van der Waals surface area contributed by atoms with Crippen LogP contribution in [-0.2, 0) is 16.0 Å². The number of halogens is 1. The number of benzene rings is 1. The van der Waals surface area contributed by atoms with E-state index in [1.54, 1.807) is 0 Å². The lowest BCUT2D eigenvalue weighted by Crippen LogP contribution is -2.46. The molecule has 0 spiro atoms. The van der Waals surface area contributed by atoms with Gasteiger partial charge in [-0.3, -0.25) is 9.59 Å². The molecule has 120 valence electrons. The molecule has 0 aliphatic carbocycles. The maximum atomic E-state index is 12.0. The summed E-state index contributed by atoms with van der Waals surface area (Å²) in [5.41, 5.74) is 1.11. The van der Waals surface area contributed by atoms with Gasteiger partial charge in [0.05, 0.1) is 0 Å². The highest BCUT2D eigenvalue weighted by molar-refractivity contribution is 6.30. The number of piperidine rings is 1. The third-order valence-electron chi connectivity index (χ3n) is 4.07. The highest BCUT2D eigenvalue weighted by Crippen LogP contribution is 2.13. The molecule has 0 atom stereocenters. The molecule has 0 unspecified atom stereocenters. The molecule has 22 heavy (non-hydrogen) atoms. The minimum absolute atomic E-state index is 0.0789. The van der Waals surface area contributed by atoms with Crippen molar-refractivity contribution in [2.45, 2.75) is 45.1 Å². The maximum absolute atomic E-state index is 12.0. The zero-order chi connectivity index (χ0) is 15.9. The van der Waals surface area contributed by atoms with Gasteiger partial charge in [-0.15, -0.1) is 0 Å². The van der Waals surface area contributed by atoms with Crippen LogP contribution in [0.15, 0.2) is 24.3 Å². The minimum Gasteiger partial charge on any atom is -0.353 e. The van der Waals surface area contributed by atoms with Crippen molar-refractivity contribution in [1.29, 1.82) is 0 Å². The molecule has 0 radical (unpaired) electrons. The molecule has 1 aromatic rings. The van der Waals surface area contributed by atoms with Crippen molar-refractivity contribution in [1.82, 2.24) is 10.2 Å². The van der Waals surface area contributed by atoms with E-state index in [0.29, 0.717) is 17.9 Å². The van der Waals surface area contributed by atoms with Crippen molar-refractivity contribution in [2.75, 3.05) is 13.1 Å². The summed E-state index contributed by atoms with van der Waals surface area (Å²) in [5, 5.41) is 3.78. The minimum atomic E-state index is 0.0789. The highest BCUT2D eigenvalue weighted by atomic mass is 35.5. The van der Waals surface area contributed by atoms with Crippen molar-refractivity contribution in [3.63, 3.8) is 0 Å². The Labute approximate surface area is 136 Å². The summed E-state index contributed by atoms with van der Waals surface area (Å²) in [6.45, 7) is 3.37. The van der Waals surface area contributed by atoms with Crippen LogP contribution in [0.2, 0.25) is 5.02 Å². The van der Waals surface area contributed by atoms with Gasteiger partial charge >= 0.3 is 0 Å². The molecule has 4 nitrogen and oxygen atoms in total. The van der Waals surface area contributed by atoms with E-state index in [1.807, 2.05) is 36.1 Å². The Morgan fingerprint density at radius 2 is 1.86 bits per heavy atom. The molecule has 0 aromatic heterocycles. The van der Waals surface area contributed by atoms with Crippen LogP contribution in [0.1, 0.15) is 38.2 Å². The van der Waals surface area contributed by atoms with Crippen LogP contribution in [0.4, 0.5) is 0 Å². The average Bonchev–Trinajstić information content (AvgIpc) is 2.54. The molecule has 1 fully saturated rings. The molecule has 2 amide bonds. The van der Waals surface area contributed by atoms with E-state index in [9.17, 15) is 9.59 Å². The monoisotopic (exact) mass is 322 g/mol. The zero-order valence-electron chi connectivity index (χ0n) is 13.0. The van der Waals surface area contributed by atoms with E-state index in [4.69, 9.17) is 11.6 Å². The molecular weight excluding hydrogens is 300 g/mol.